The monoisotopic (exact) mass is 257 g/mol. The van der Waals surface area contributed by atoms with E-state index in [-0.39, 0.29) is 11.7 Å². The first-order chi connectivity index (χ1) is 9.20. The van der Waals surface area contributed by atoms with Gasteiger partial charge in [0.1, 0.15) is 11.5 Å². The Hall–Kier alpha value is -2.49. The summed E-state index contributed by atoms with van der Waals surface area (Å²) in [6.07, 6.45) is 0. The van der Waals surface area contributed by atoms with Gasteiger partial charge in [-0.05, 0) is 31.2 Å². The zero-order chi connectivity index (χ0) is 13.7. The molecule has 0 atom stereocenters. The van der Waals surface area contributed by atoms with Gasteiger partial charge in [0, 0.05) is 11.8 Å². The second-order valence-corrected chi connectivity index (χ2v) is 3.93. The summed E-state index contributed by atoms with van der Waals surface area (Å²) < 4.78 is 5.41. The van der Waals surface area contributed by atoms with Crippen molar-refractivity contribution >= 4 is 11.6 Å². The molecule has 2 rings (SSSR count). The summed E-state index contributed by atoms with van der Waals surface area (Å²) in [5, 5.41) is 12.1. The number of phenolic OH excluding ortho intramolecular Hbond substituents is 1. The highest BCUT2D eigenvalue weighted by Crippen LogP contribution is 2.21. The molecule has 4 heteroatoms. The lowest BCUT2D eigenvalue weighted by atomic mass is 10.2. The van der Waals surface area contributed by atoms with Crippen LogP contribution in [0, 0.1) is 0 Å². The van der Waals surface area contributed by atoms with Crippen LogP contribution in [-0.4, -0.2) is 17.6 Å². The highest BCUT2D eigenvalue weighted by atomic mass is 16.5. The number of benzene rings is 2. The van der Waals surface area contributed by atoms with Crippen LogP contribution in [0.1, 0.15) is 17.3 Å². The van der Waals surface area contributed by atoms with Crippen molar-refractivity contribution in [2.75, 3.05) is 11.9 Å². The van der Waals surface area contributed by atoms with Crippen LogP contribution in [0.2, 0.25) is 0 Å². The van der Waals surface area contributed by atoms with Gasteiger partial charge in [-0.2, -0.15) is 0 Å². The predicted octanol–water partition coefficient (Wildman–Crippen LogP) is 3.04. The van der Waals surface area contributed by atoms with Crippen molar-refractivity contribution in [2.24, 2.45) is 0 Å². The Labute approximate surface area is 111 Å². The number of nitrogens with one attached hydrogen (secondary N) is 1. The molecule has 0 fully saturated rings. The summed E-state index contributed by atoms with van der Waals surface area (Å²) in [4.78, 5) is 12.1. The van der Waals surface area contributed by atoms with Crippen LogP contribution in [0.25, 0.3) is 0 Å². The van der Waals surface area contributed by atoms with Crippen LogP contribution in [-0.2, 0) is 0 Å². The largest absolute Gasteiger partial charge is 0.508 e. The minimum absolute atomic E-state index is 0.107. The minimum atomic E-state index is -0.269. The van der Waals surface area contributed by atoms with Crippen molar-refractivity contribution in [3.05, 3.63) is 54.1 Å². The Balaban J connectivity index is 2.20. The number of ether oxygens (including phenoxy) is 1. The topological polar surface area (TPSA) is 58.6 Å². The molecule has 0 radical (unpaired) electrons. The highest BCUT2D eigenvalue weighted by molar-refractivity contribution is 6.06. The normalized spacial score (nSPS) is 9.95. The minimum Gasteiger partial charge on any atom is -0.508 e. The van der Waals surface area contributed by atoms with Gasteiger partial charge in [-0.1, -0.05) is 18.2 Å². The first-order valence-corrected chi connectivity index (χ1v) is 6.03. The molecule has 0 aliphatic heterocycles. The number of carbonyl (C=O) groups excluding carboxylic acids is 1. The van der Waals surface area contributed by atoms with Gasteiger partial charge in [-0.15, -0.1) is 0 Å². The number of rotatable bonds is 4. The number of hydrogen-bond acceptors (Lipinski definition) is 3. The van der Waals surface area contributed by atoms with Crippen LogP contribution in [0.4, 0.5) is 5.69 Å². The average molecular weight is 257 g/mol. The summed E-state index contributed by atoms with van der Waals surface area (Å²) in [5.74, 6) is 0.383. The lowest BCUT2D eigenvalue weighted by molar-refractivity contribution is 0.102. The molecule has 0 aliphatic rings. The first-order valence-electron chi connectivity index (χ1n) is 6.03. The third kappa shape index (κ3) is 3.25. The maximum atomic E-state index is 12.1. The van der Waals surface area contributed by atoms with E-state index in [2.05, 4.69) is 5.32 Å². The van der Waals surface area contributed by atoms with Crippen molar-refractivity contribution in [1.29, 1.82) is 0 Å². The third-order valence-electron chi connectivity index (χ3n) is 2.54. The fourth-order valence-corrected chi connectivity index (χ4v) is 1.72. The van der Waals surface area contributed by atoms with Gasteiger partial charge < -0.3 is 15.2 Å². The number of anilines is 1. The molecule has 2 N–H and O–H groups in total. The molecule has 0 bridgehead atoms. The SMILES string of the molecule is CCOc1ccccc1C(=O)Nc1cccc(O)c1. The molecule has 0 unspecified atom stereocenters. The maximum Gasteiger partial charge on any atom is 0.259 e. The van der Waals surface area contributed by atoms with Gasteiger partial charge in [0.2, 0.25) is 0 Å². The molecule has 2 aromatic rings. The number of phenols is 1. The molecule has 0 saturated heterocycles. The Kier molecular flexibility index (Phi) is 4.03. The van der Waals surface area contributed by atoms with E-state index >= 15 is 0 Å². The van der Waals surface area contributed by atoms with Gasteiger partial charge >= 0.3 is 0 Å². The second kappa shape index (κ2) is 5.91. The van der Waals surface area contributed by atoms with Crippen LogP contribution >= 0.6 is 0 Å². The number of aromatic hydroxyl groups is 1. The summed E-state index contributed by atoms with van der Waals surface area (Å²) in [5.41, 5.74) is 1.00. The summed E-state index contributed by atoms with van der Waals surface area (Å²) in [7, 11) is 0. The average Bonchev–Trinajstić information content (AvgIpc) is 2.39. The molecule has 2 aromatic carbocycles. The standard InChI is InChI=1S/C15H15NO3/c1-2-19-14-9-4-3-8-13(14)15(18)16-11-6-5-7-12(17)10-11/h3-10,17H,2H2,1H3,(H,16,18). The summed E-state index contributed by atoms with van der Waals surface area (Å²) in [6, 6.07) is 13.4. The third-order valence-corrected chi connectivity index (χ3v) is 2.54. The number of hydrogen-bond donors (Lipinski definition) is 2. The van der Waals surface area contributed by atoms with Crippen molar-refractivity contribution in [3.63, 3.8) is 0 Å². The van der Waals surface area contributed by atoms with E-state index in [9.17, 15) is 9.90 Å². The van der Waals surface area contributed by atoms with Gasteiger partial charge in [-0.3, -0.25) is 4.79 Å². The van der Waals surface area contributed by atoms with Crippen LogP contribution < -0.4 is 10.1 Å². The van der Waals surface area contributed by atoms with Gasteiger partial charge in [-0.25, -0.2) is 0 Å². The van der Waals surface area contributed by atoms with Crippen LogP contribution in [0.15, 0.2) is 48.5 Å². The lowest BCUT2D eigenvalue weighted by Gasteiger charge is -2.10. The van der Waals surface area contributed by atoms with Crippen molar-refractivity contribution in [1.82, 2.24) is 0 Å². The Bertz CT molecular complexity index is 581. The van der Waals surface area contributed by atoms with E-state index in [4.69, 9.17) is 4.74 Å². The van der Waals surface area contributed by atoms with E-state index in [0.29, 0.717) is 23.6 Å². The Morgan fingerprint density at radius 1 is 1.21 bits per heavy atom. The molecule has 0 aliphatic carbocycles. The second-order valence-electron chi connectivity index (χ2n) is 3.93. The Morgan fingerprint density at radius 3 is 2.74 bits per heavy atom. The molecule has 1 amide bonds. The van der Waals surface area contributed by atoms with Gasteiger partial charge in [0.15, 0.2) is 0 Å². The van der Waals surface area contributed by atoms with Crippen molar-refractivity contribution in [3.8, 4) is 11.5 Å². The van der Waals surface area contributed by atoms with Gasteiger partial charge in [0.05, 0.1) is 12.2 Å². The number of amides is 1. The summed E-state index contributed by atoms with van der Waals surface area (Å²) >= 11 is 0. The molecule has 0 heterocycles. The van der Waals surface area contributed by atoms with E-state index in [1.165, 1.54) is 6.07 Å². The van der Waals surface area contributed by atoms with Crippen LogP contribution in [0.3, 0.4) is 0 Å². The smallest absolute Gasteiger partial charge is 0.259 e. The molecule has 98 valence electrons. The fraction of sp³-hybridized carbons (Fsp3) is 0.133. The predicted molar refractivity (Wildman–Crippen MR) is 73.7 cm³/mol. The van der Waals surface area contributed by atoms with E-state index in [0.717, 1.165) is 0 Å². The Morgan fingerprint density at radius 2 is 2.00 bits per heavy atom. The molecule has 0 aromatic heterocycles. The van der Waals surface area contributed by atoms with E-state index in [1.54, 1.807) is 36.4 Å². The first kappa shape index (κ1) is 13.0. The van der Waals surface area contributed by atoms with E-state index in [1.807, 2.05) is 13.0 Å². The zero-order valence-electron chi connectivity index (χ0n) is 10.6. The quantitative estimate of drug-likeness (QED) is 0.885. The molecule has 19 heavy (non-hydrogen) atoms. The van der Waals surface area contributed by atoms with E-state index < -0.39 is 0 Å². The van der Waals surface area contributed by atoms with Crippen molar-refractivity contribution in [2.45, 2.75) is 6.92 Å². The zero-order valence-corrected chi connectivity index (χ0v) is 10.6. The van der Waals surface area contributed by atoms with Gasteiger partial charge in [0.25, 0.3) is 5.91 Å². The summed E-state index contributed by atoms with van der Waals surface area (Å²) in [6.45, 7) is 2.36. The fourth-order valence-electron chi connectivity index (χ4n) is 1.72. The van der Waals surface area contributed by atoms with Crippen LogP contribution in [0.5, 0.6) is 11.5 Å². The lowest BCUT2D eigenvalue weighted by Crippen LogP contribution is -2.13. The molecular weight excluding hydrogens is 242 g/mol. The number of para-hydroxylation sites is 1. The molecule has 0 saturated carbocycles. The number of carbonyl (C=O) groups is 1. The highest BCUT2D eigenvalue weighted by Gasteiger charge is 2.12. The van der Waals surface area contributed by atoms with Crippen molar-refractivity contribution < 1.29 is 14.6 Å². The molecule has 0 spiro atoms. The maximum absolute atomic E-state index is 12.1. The molecule has 4 nitrogen and oxygen atoms in total. The molecular formula is C15H15NO3.